The zero-order valence-corrected chi connectivity index (χ0v) is 13.6. The molecule has 0 unspecified atom stereocenters. The van der Waals surface area contributed by atoms with Crippen molar-refractivity contribution in [2.24, 2.45) is 0 Å². The molecule has 1 rings (SSSR count). The molecule has 1 aromatic carbocycles. The minimum Gasteiger partial charge on any atom is -0.480 e. The van der Waals surface area contributed by atoms with Gasteiger partial charge in [-0.05, 0) is 26.0 Å². The first-order valence-electron chi connectivity index (χ1n) is 7.10. The highest BCUT2D eigenvalue weighted by Crippen LogP contribution is 2.14. The van der Waals surface area contributed by atoms with Crippen molar-refractivity contribution < 1.29 is 24.4 Å². The SMILES string of the molecule is CN(C(=O)CCNC(=O)c1ccc([N+](=O)[O-])cc1)C(C)(C)C(=O)O. The number of benzene rings is 1. The molecule has 0 heterocycles. The van der Waals surface area contributed by atoms with E-state index in [2.05, 4.69) is 5.32 Å². The summed E-state index contributed by atoms with van der Waals surface area (Å²) in [5.41, 5.74) is -1.24. The van der Waals surface area contributed by atoms with Crippen LogP contribution in [0.4, 0.5) is 5.69 Å². The number of carbonyl (C=O) groups is 3. The highest BCUT2D eigenvalue weighted by Gasteiger charge is 2.34. The molecule has 0 bridgehead atoms. The Balaban J connectivity index is 2.55. The van der Waals surface area contributed by atoms with Gasteiger partial charge in [0.1, 0.15) is 5.54 Å². The van der Waals surface area contributed by atoms with Gasteiger partial charge in [-0.3, -0.25) is 19.7 Å². The van der Waals surface area contributed by atoms with Crippen molar-refractivity contribution in [3.05, 3.63) is 39.9 Å². The molecule has 0 saturated carbocycles. The van der Waals surface area contributed by atoms with Crippen molar-refractivity contribution in [1.29, 1.82) is 0 Å². The lowest BCUT2D eigenvalue weighted by Crippen LogP contribution is -2.51. The van der Waals surface area contributed by atoms with Crippen molar-refractivity contribution in [2.75, 3.05) is 13.6 Å². The number of nitro benzene ring substituents is 1. The van der Waals surface area contributed by atoms with Crippen molar-refractivity contribution in [3.63, 3.8) is 0 Å². The van der Waals surface area contributed by atoms with E-state index in [9.17, 15) is 24.5 Å². The normalized spacial score (nSPS) is 10.8. The maximum absolute atomic E-state index is 12.0. The molecule has 1 aromatic rings. The highest BCUT2D eigenvalue weighted by molar-refractivity contribution is 5.94. The van der Waals surface area contributed by atoms with E-state index >= 15 is 0 Å². The number of aliphatic carboxylic acids is 1. The predicted octanol–water partition coefficient (Wildman–Crippen LogP) is 1.04. The summed E-state index contributed by atoms with van der Waals surface area (Å²) in [6, 6.07) is 5.05. The number of hydrogen-bond acceptors (Lipinski definition) is 5. The fourth-order valence-electron chi connectivity index (χ4n) is 1.74. The average Bonchev–Trinajstić information content (AvgIpc) is 2.53. The van der Waals surface area contributed by atoms with E-state index in [0.717, 1.165) is 4.90 Å². The Morgan fingerprint density at radius 1 is 1.25 bits per heavy atom. The summed E-state index contributed by atoms with van der Waals surface area (Å²) < 4.78 is 0. The number of rotatable bonds is 7. The lowest BCUT2D eigenvalue weighted by molar-refractivity contribution is -0.384. The summed E-state index contributed by atoms with van der Waals surface area (Å²) in [6.07, 6.45) is -0.0636. The quantitative estimate of drug-likeness (QED) is 0.564. The summed E-state index contributed by atoms with van der Waals surface area (Å²) in [5.74, 6) is -2.03. The smallest absolute Gasteiger partial charge is 0.329 e. The van der Waals surface area contributed by atoms with Crippen LogP contribution in [0.15, 0.2) is 24.3 Å². The van der Waals surface area contributed by atoms with E-state index in [4.69, 9.17) is 5.11 Å². The molecule has 0 saturated heterocycles. The molecule has 0 spiro atoms. The van der Waals surface area contributed by atoms with Gasteiger partial charge in [0.05, 0.1) is 4.92 Å². The Kier molecular flexibility index (Phi) is 5.99. The molecule has 24 heavy (non-hydrogen) atoms. The number of nitrogens with one attached hydrogen (secondary N) is 1. The summed E-state index contributed by atoms with van der Waals surface area (Å²) in [4.78, 5) is 46.0. The Morgan fingerprint density at radius 3 is 2.25 bits per heavy atom. The number of likely N-dealkylation sites (N-methyl/N-ethyl adjacent to an activating group) is 1. The van der Waals surface area contributed by atoms with Crippen LogP contribution in [-0.2, 0) is 9.59 Å². The van der Waals surface area contributed by atoms with Gasteiger partial charge in [0, 0.05) is 37.7 Å². The third-order valence-corrected chi connectivity index (χ3v) is 3.70. The largest absolute Gasteiger partial charge is 0.480 e. The van der Waals surface area contributed by atoms with Gasteiger partial charge in [-0.25, -0.2) is 4.79 Å². The first kappa shape index (κ1) is 19.1. The number of carboxylic acid groups (broad SMARTS) is 1. The first-order valence-corrected chi connectivity index (χ1v) is 7.10. The van der Waals surface area contributed by atoms with Gasteiger partial charge in [0.2, 0.25) is 5.91 Å². The number of hydrogen-bond donors (Lipinski definition) is 2. The molecule has 2 amide bonds. The minimum absolute atomic E-state index is 0.0225. The molecular weight excluding hydrogens is 318 g/mol. The Bertz CT molecular complexity index is 654. The van der Waals surface area contributed by atoms with E-state index in [-0.39, 0.29) is 24.2 Å². The average molecular weight is 337 g/mol. The molecular formula is C15H19N3O6. The molecule has 0 aliphatic heterocycles. The van der Waals surface area contributed by atoms with Gasteiger partial charge < -0.3 is 15.3 Å². The molecule has 0 atom stereocenters. The van der Waals surface area contributed by atoms with Crippen LogP contribution >= 0.6 is 0 Å². The predicted molar refractivity (Wildman–Crippen MR) is 84.5 cm³/mol. The Morgan fingerprint density at radius 2 is 1.79 bits per heavy atom. The van der Waals surface area contributed by atoms with Gasteiger partial charge in [0.25, 0.3) is 11.6 Å². The lowest BCUT2D eigenvalue weighted by atomic mass is 10.0. The number of amides is 2. The van der Waals surface area contributed by atoms with E-state index < -0.39 is 28.2 Å². The van der Waals surface area contributed by atoms with Gasteiger partial charge in [-0.1, -0.05) is 0 Å². The number of nitrogens with zero attached hydrogens (tertiary/aromatic N) is 2. The second kappa shape index (κ2) is 7.53. The molecule has 0 aliphatic rings. The maximum Gasteiger partial charge on any atom is 0.329 e. The zero-order chi connectivity index (χ0) is 18.5. The van der Waals surface area contributed by atoms with Gasteiger partial charge in [0.15, 0.2) is 0 Å². The van der Waals surface area contributed by atoms with E-state index in [1.165, 1.54) is 45.2 Å². The topological polar surface area (TPSA) is 130 Å². The van der Waals surface area contributed by atoms with Crippen LogP contribution in [0.2, 0.25) is 0 Å². The summed E-state index contributed by atoms with van der Waals surface area (Å²) >= 11 is 0. The zero-order valence-electron chi connectivity index (χ0n) is 13.6. The van der Waals surface area contributed by atoms with Crippen molar-refractivity contribution >= 4 is 23.5 Å². The summed E-state index contributed by atoms with van der Waals surface area (Å²) in [7, 11) is 1.38. The molecule has 2 N–H and O–H groups in total. The van der Waals surface area contributed by atoms with Crippen LogP contribution in [0.1, 0.15) is 30.6 Å². The van der Waals surface area contributed by atoms with Crippen LogP contribution in [0.25, 0.3) is 0 Å². The number of carboxylic acids is 1. The highest BCUT2D eigenvalue weighted by atomic mass is 16.6. The lowest BCUT2D eigenvalue weighted by Gasteiger charge is -2.31. The van der Waals surface area contributed by atoms with Gasteiger partial charge >= 0.3 is 5.97 Å². The Hall–Kier alpha value is -2.97. The second-order valence-electron chi connectivity index (χ2n) is 5.63. The van der Waals surface area contributed by atoms with Gasteiger partial charge in [-0.15, -0.1) is 0 Å². The summed E-state index contributed by atoms with van der Waals surface area (Å²) in [5, 5.41) is 22.1. The molecule has 9 heteroatoms. The van der Waals surface area contributed by atoms with Crippen LogP contribution in [0, 0.1) is 10.1 Å². The van der Waals surface area contributed by atoms with Crippen LogP contribution in [0.5, 0.6) is 0 Å². The maximum atomic E-state index is 12.0. The van der Waals surface area contributed by atoms with Crippen molar-refractivity contribution in [2.45, 2.75) is 25.8 Å². The van der Waals surface area contributed by atoms with E-state index in [0.29, 0.717) is 0 Å². The number of nitro groups is 1. The monoisotopic (exact) mass is 337 g/mol. The number of non-ortho nitro benzene ring substituents is 1. The van der Waals surface area contributed by atoms with Gasteiger partial charge in [-0.2, -0.15) is 0 Å². The molecule has 0 aliphatic carbocycles. The second-order valence-corrected chi connectivity index (χ2v) is 5.63. The minimum atomic E-state index is -1.35. The first-order chi connectivity index (χ1) is 11.1. The van der Waals surface area contributed by atoms with Crippen LogP contribution in [0.3, 0.4) is 0 Å². The molecule has 130 valence electrons. The van der Waals surface area contributed by atoms with Crippen LogP contribution < -0.4 is 5.32 Å². The number of carbonyl (C=O) groups excluding carboxylic acids is 2. The van der Waals surface area contributed by atoms with E-state index in [1.54, 1.807) is 0 Å². The fourth-order valence-corrected chi connectivity index (χ4v) is 1.74. The van der Waals surface area contributed by atoms with Crippen molar-refractivity contribution in [1.82, 2.24) is 10.2 Å². The molecule has 9 nitrogen and oxygen atoms in total. The molecule has 0 radical (unpaired) electrons. The van der Waals surface area contributed by atoms with Crippen molar-refractivity contribution in [3.8, 4) is 0 Å². The molecule has 0 fully saturated rings. The molecule has 0 aromatic heterocycles. The fraction of sp³-hybridized carbons (Fsp3) is 0.400. The Labute approximate surface area is 138 Å². The van der Waals surface area contributed by atoms with Crippen LogP contribution in [-0.4, -0.2) is 51.8 Å². The summed E-state index contributed by atoms with van der Waals surface area (Å²) in [6.45, 7) is 2.83. The standard InChI is InChI=1S/C15H19N3O6/c1-15(2,14(21)22)17(3)12(19)8-9-16-13(20)10-4-6-11(7-5-10)18(23)24/h4-7H,8-9H2,1-3H3,(H,16,20)(H,21,22). The third-order valence-electron chi connectivity index (χ3n) is 3.70. The third kappa shape index (κ3) is 4.51. The van der Waals surface area contributed by atoms with E-state index in [1.807, 2.05) is 0 Å².